The highest BCUT2D eigenvalue weighted by Crippen LogP contribution is 2.29. The summed E-state index contributed by atoms with van der Waals surface area (Å²) in [5.74, 6) is -0.486. The number of aromatic nitrogens is 2. The fourth-order valence-electron chi connectivity index (χ4n) is 3.20. The summed E-state index contributed by atoms with van der Waals surface area (Å²) in [6.07, 6.45) is 0. The smallest absolute Gasteiger partial charge is 0.265 e. The summed E-state index contributed by atoms with van der Waals surface area (Å²) in [5.41, 5.74) is 2.95. The third-order valence-corrected chi connectivity index (χ3v) is 5.80. The standard InChI is InChI=1S/C22H20N4O2S/c1-14-17-12-19(21(28)24-18-11-7-6-10-16(18)20(27)23-2)29-22(17)26(25-14)13-15-8-4-3-5-9-15/h3-12H,13H2,1-2H3,(H,23,27)(H,24,28). The van der Waals surface area contributed by atoms with E-state index >= 15 is 0 Å². The number of carbonyl (C=O) groups excluding carboxylic acids is 2. The van der Waals surface area contributed by atoms with E-state index in [2.05, 4.69) is 27.9 Å². The van der Waals surface area contributed by atoms with Crippen molar-refractivity contribution < 1.29 is 9.59 Å². The lowest BCUT2D eigenvalue weighted by molar-refractivity contribution is 0.0964. The number of hydrogen-bond acceptors (Lipinski definition) is 4. The number of benzene rings is 2. The monoisotopic (exact) mass is 404 g/mol. The van der Waals surface area contributed by atoms with Gasteiger partial charge in [0.25, 0.3) is 11.8 Å². The summed E-state index contributed by atoms with van der Waals surface area (Å²) in [5, 5.41) is 11.0. The van der Waals surface area contributed by atoms with Crippen LogP contribution in [0, 0.1) is 6.92 Å². The number of nitrogens with zero attached hydrogens (tertiary/aromatic N) is 2. The van der Waals surface area contributed by atoms with E-state index in [9.17, 15) is 9.59 Å². The Morgan fingerprint density at radius 1 is 1.03 bits per heavy atom. The molecule has 0 bridgehead atoms. The number of aryl methyl sites for hydroxylation is 1. The molecule has 0 radical (unpaired) electrons. The molecule has 0 spiro atoms. The summed E-state index contributed by atoms with van der Waals surface area (Å²) in [7, 11) is 1.56. The number of amides is 2. The summed E-state index contributed by atoms with van der Waals surface area (Å²) in [6, 6.07) is 18.9. The molecule has 2 N–H and O–H groups in total. The van der Waals surface area contributed by atoms with Gasteiger partial charge in [0, 0.05) is 12.4 Å². The van der Waals surface area contributed by atoms with Crippen molar-refractivity contribution in [3.05, 3.63) is 82.4 Å². The summed E-state index contributed by atoms with van der Waals surface area (Å²) < 4.78 is 1.93. The van der Waals surface area contributed by atoms with E-state index in [0.29, 0.717) is 22.7 Å². The minimum Gasteiger partial charge on any atom is -0.355 e. The van der Waals surface area contributed by atoms with E-state index in [1.54, 1.807) is 31.3 Å². The van der Waals surface area contributed by atoms with Gasteiger partial charge in [-0.1, -0.05) is 42.5 Å². The van der Waals surface area contributed by atoms with Gasteiger partial charge in [-0.15, -0.1) is 11.3 Å². The van der Waals surface area contributed by atoms with Gasteiger partial charge in [-0.3, -0.25) is 14.3 Å². The van der Waals surface area contributed by atoms with E-state index in [4.69, 9.17) is 0 Å². The Bertz CT molecular complexity index is 1190. The Morgan fingerprint density at radius 3 is 2.52 bits per heavy atom. The topological polar surface area (TPSA) is 76.0 Å². The van der Waals surface area contributed by atoms with E-state index in [1.807, 2.05) is 35.9 Å². The molecule has 0 aliphatic rings. The van der Waals surface area contributed by atoms with E-state index in [-0.39, 0.29) is 11.8 Å². The predicted octanol–water partition coefficient (Wildman–Crippen LogP) is 4.07. The van der Waals surface area contributed by atoms with Crippen molar-refractivity contribution in [1.29, 1.82) is 0 Å². The van der Waals surface area contributed by atoms with Gasteiger partial charge in [0.1, 0.15) is 4.83 Å². The number of carbonyl (C=O) groups is 2. The fraction of sp³-hybridized carbons (Fsp3) is 0.136. The highest BCUT2D eigenvalue weighted by atomic mass is 32.1. The van der Waals surface area contributed by atoms with Crippen molar-refractivity contribution in [2.45, 2.75) is 13.5 Å². The lowest BCUT2D eigenvalue weighted by Gasteiger charge is -2.09. The van der Waals surface area contributed by atoms with Crippen LogP contribution in [-0.2, 0) is 6.54 Å². The minimum absolute atomic E-state index is 0.242. The first-order valence-corrected chi connectivity index (χ1v) is 10.0. The molecule has 0 atom stereocenters. The van der Waals surface area contributed by atoms with Crippen LogP contribution in [0.1, 0.15) is 31.3 Å². The van der Waals surface area contributed by atoms with Gasteiger partial charge in [0.05, 0.1) is 28.4 Å². The average molecular weight is 404 g/mol. The first-order chi connectivity index (χ1) is 14.1. The number of thiophene rings is 1. The van der Waals surface area contributed by atoms with Crippen LogP contribution in [0.2, 0.25) is 0 Å². The van der Waals surface area contributed by atoms with Gasteiger partial charge in [0.2, 0.25) is 0 Å². The number of anilines is 1. The number of hydrogen-bond donors (Lipinski definition) is 2. The Kier molecular flexibility index (Phi) is 5.14. The van der Waals surface area contributed by atoms with Crippen LogP contribution in [0.5, 0.6) is 0 Å². The third-order valence-electron chi connectivity index (χ3n) is 4.65. The molecule has 0 aliphatic carbocycles. The third kappa shape index (κ3) is 3.77. The Morgan fingerprint density at radius 2 is 1.76 bits per heavy atom. The largest absolute Gasteiger partial charge is 0.355 e. The number of fused-ring (bicyclic) bond motifs is 1. The zero-order chi connectivity index (χ0) is 20.4. The lowest BCUT2D eigenvalue weighted by atomic mass is 10.1. The first kappa shape index (κ1) is 18.9. The van der Waals surface area contributed by atoms with Gasteiger partial charge in [0.15, 0.2) is 0 Å². The summed E-state index contributed by atoms with van der Waals surface area (Å²) in [6.45, 7) is 2.59. The van der Waals surface area contributed by atoms with Crippen molar-refractivity contribution in [3.8, 4) is 0 Å². The van der Waals surface area contributed by atoms with Crippen LogP contribution >= 0.6 is 11.3 Å². The highest BCUT2D eigenvalue weighted by molar-refractivity contribution is 7.20. The molecule has 6 nitrogen and oxygen atoms in total. The molecule has 7 heteroatoms. The Balaban J connectivity index is 1.63. The van der Waals surface area contributed by atoms with Crippen LogP contribution in [0.4, 0.5) is 5.69 Å². The van der Waals surface area contributed by atoms with Crippen LogP contribution in [-0.4, -0.2) is 28.6 Å². The maximum absolute atomic E-state index is 12.9. The molecular weight excluding hydrogens is 384 g/mol. The zero-order valence-corrected chi connectivity index (χ0v) is 16.9. The van der Waals surface area contributed by atoms with Crippen molar-refractivity contribution in [2.24, 2.45) is 0 Å². The van der Waals surface area contributed by atoms with Crippen molar-refractivity contribution >= 4 is 39.1 Å². The molecule has 2 amide bonds. The van der Waals surface area contributed by atoms with E-state index in [1.165, 1.54) is 11.3 Å². The number of nitrogens with one attached hydrogen (secondary N) is 2. The van der Waals surface area contributed by atoms with Gasteiger partial charge >= 0.3 is 0 Å². The van der Waals surface area contributed by atoms with Gasteiger partial charge in [-0.05, 0) is 30.7 Å². The molecule has 2 aromatic carbocycles. The van der Waals surface area contributed by atoms with Gasteiger partial charge in [-0.25, -0.2) is 0 Å². The molecule has 0 saturated carbocycles. The van der Waals surface area contributed by atoms with Gasteiger partial charge in [-0.2, -0.15) is 5.10 Å². The fourth-order valence-corrected chi connectivity index (χ4v) is 4.25. The maximum atomic E-state index is 12.9. The SMILES string of the molecule is CNC(=O)c1ccccc1NC(=O)c1cc2c(C)nn(Cc3ccccc3)c2s1. The first-order valence-electron chi connectivity index (χ1n) is 9.20. The summed E-state index contributed by atoms with van der Waals surface area (Å²) >= 11 is 1.40. The molecule has 4 rings (SSSR count). The zero-order valence-electron chi connectivity index (χ0n) is 16.1. The molecule has 29 heavy (non-hydrogen) atoms. The predicted molar refractivity (Wildman–Crippen MR) is 116 cm³/mol. The van der Waals surface area contributed by atoms with Crippen molar-refractivity contribution in [2.75, 3.05) is 12.4 Å². The van der Waals surface area contributed by atoms with Crippen LogP contribution in [0.15, 0.2) is 60.7 Å². The van der Waals surface area contributed by atoms with Crippen LogP contribution in [0.3, 0.4) is 0 Å². The molecular formula is C22H20N4O2S. The molecule has 0 unspecified atom stereocenters. The van der Waals surface area contributed by atoms with E-state index < -0.39 is 0 Å². The second-order valence-corrected chi connectivity index (χ2v) is 7.67. The van der Waals surface area contributed by atoms with Crippen LogP contribution in [0.25, 0.3) is 10.2 Å². The molecule has 0 saturated heterocycles. The van der Waals surface area contributed by atoms with Crippen molar-refractivity contribution in [3.63, 3.8) is 0 Å². The molecule has 4 aromatic rings. The lowest BCUT2D eigenvalue weighted by Crippen LogP contribution is -2.21. The molecule has 0 aliphatic heterocycles. The Hall–Kier alpha value is -3.45. The maximum Gasteiger partial charge on any atom is 0.265 e. The molecule has 146 valence electrons. The number of rotatable bonds is 5. The van der Waals surface area contributed by atoms with Crippen molar-refractivity contribution in [1.82, 2.24) is 15.1 Å². The summed E-state index contributed by atoms with van der Waals surface area (Å²) in [4.78, 5) is 26.4. The van der Waals surface area contributed by atoms with Crippen LogP contribution < -0.4 is 10.6 Å². The Labute approximate surface area is 172 Å². The average Bonchev–Trinajstić information content (AvgIpc) is 3.30. The molecule has 2 heterocycles. The normalized spacial score (nSPS) is 10.8. The number of para-hydroxylation sites is 1. The second-order valence-electron chi connectivity index (χ2n) is 6.64. The second kappa shape index (κ2) is 7.89. The quantitative estimate of drug-likeness (QED) is 0.527. The van der Waals surface area contributed by atoms with Gasteiger partial charge < -0.3 is 10.6 Å². The highest BCUT2D eigenvalue weighted by Gasteiger charge is 2.18. The molecule has 0 fully saturated rings. The molecule has 2 aromatic heterocycles. The van der Waals surface area contributed by atoms with E-state index in [0.717, 1.165) is 21.5 Å². The minimum atomic E-state index is -0.244.